The van der Waals surface area contributed by atoms with Gasteiger partial charge in [0.1, 0.15) is 5.84 Å². The molecule has 0 atom stereocenters. The Morgan fingerprint density at radius 3 is 2.36 bits per heavy atom. The number of benzene rings is 1. The second-order valence-corrected chi connectivity index (χ2v) is 2.54. The van der Waals surface area contributed by atoms with E-state index in [0.717, 1.165) is 0 Å². The molecule has 5 heteroatoms. The summed E-state index contributed by atoms with van der Waals surface area (Å²) in [6.07, 6.45) is -2.20. The lowest BCUT2D eigenvalue weighted by Gasteiger charge is -2.01. The van der Waals surface area contributed by atoms with E-state index < -0.39 is 6.43 Å². The third-order valence-corrected chi connectivity index (χ3v) is 1.65. The van der Waals surface area contributed by atoms with E-state index in [0.29, 0.717) is 12.0 Å². The molecule has 0 aliphatic heterocycles. The predicted octanol–water partition coefficient (Wildman–Crippen LogP) is 1.49. The van der Waals surface area contributed by atoms with Crippen molar-refractivity contribution in [3.8, 4) is 0 Å². The van der Waals surface area contributed by atoms with Gasteiger partial charge in [-0.3, -0.25) is 4.79 Å². The van der Waals surface area contributed by atoms with Gasteiger partial charge in [-0.25, -0.2) is 8.78 Å². The maximum absolute atomic E-state index is 12.1. The Labute approximate surface area is 79.3 Å². The number of halogens is 2. The largest absolute Gasteiger partial charge is 0.383 e. The van der Waals surface area contributed by atoms with Gasteiger partial charge in [0.2, 0.25) is 6.41 Å². The average molecular weight is 198 g/mol. The molecule has 1 amide bonds. The van der Waals surface area contributed by atoms with Gasteiger partial charge in [0.25, 0.3) is 6.43 Å². The fraction of sp³-hybridized carbons (Fsp3) is 0.111. The molecule has 1 aromatic rings. The normalized spacial score (nSPS) is 11.8. The molecule has 0 saturated heterocycles. The number of nitrogens with zero attached hydrogens (tertiary/aromatic N) is 1. The van der Waals surface area contributed by atoms with Crippen LogP contribution in [0.4, 0.5) is 8.78 Å². The number of amidine groups is 1. The molecule has 0 aliphatic carbocycles. The number of aliphatic imine (C=N–C) groups is 1. The van der Waals surface area contributed by atoms with Crippen molar-refractivity contribution in [1.82, 2.24) is 0 Å². The molecule has 0 fully saturated rings. The Morgan fingerprint density at radius 1 is 1.36 bits per heavy atom. The van der Waals surface area contributed by atoms with Crippen LogP contribution in [0.15, 0.2) is 29.3 Å². The Bertz CT molecular complexity index is 346. The molecule has 0 saturated carbocycles. The van der Waals surface area contributed by atoms with Crippen molar-refractivity contribution >= 4 is 12.2 Å². The standard InChI is InChI=1S/C9H8F2N2O/c10-8(11)6-1-3-7(4-2-6)9(12)13-5-14/h1-5,8H,(H2,12,13,14). The molecule has 2 N–H and O–H groups in total. The molecule has 3 nitrogen and oxygen atoms in total. The summed E-state index contributed by atoms with van der Waals surface area (Å²) in [5.41, 5.74) is 5.72. The third-order valence-electron chi connectivity index (χ3n) is 1.65. The molecule has 0 bridgehead atoms. The van der Waals surface area contributed by atoms with E-state index >= 15 is 0 Å². The summed E-state index contributed by atoms with van der Waals surface area (Å²) in [7, 11) is 0. The molecule has 14 heavy (non-hydrogen) atoms. The number of carbonyl (C=O) groups excluding carboxylic acids is 1. The van der Waals surface area contributed by atoms with Crippen molar-refractivity contribution in [3.05, 3.63) is 35.4 Å². The highest BCUT2D eigenvalue weighted by molar-refractivity contribution is 6.00. The van der Waals surface area contributed by atoms with Crippen molar-refractivity contribution < 1.29 is 13.6 Å². The maximum atomic E-state index is 12.1. The van der Waals surface area contributed by atoms with Gasteiger partial charge in [-0.15, -0.1) is 0 Å². The number of nitrogens with two attached hydrogens (primary N) is 1. The summed E-state index contributed by atoms with van der Waals surface area (Å²) >= 11 is 0. The van der Waals surface area contributed by atoms with Crippen LogP contribution in [-0.2, 0) is 4.79 Å². The van der Waals surface area contributed by atoms with E-state index in [2.05, 4.69) is 4.99 Å². The minimum Gasteiger partial charge on any atom is -0.383 e. The van der Waals surface area contributed by atoms with Crippen LogP contribution >= 0.6 is 0 Å². The summed E-state index contributed by atoms with van der Waals surface area (Å²) in [6.45, 7) is 0. The lowest BCUT2D eigenvalue weighted by molar-refractivity contribution is -0.106. The smallest absolute Gasteiger partial charge is 0.263 e. The van der Waals surface area contributed by atoms with Crippen molar-refractivity contribution in [1.29, 1.82) is 0 Å². The van der Waals surface area contributed by atoms with Gasteiger partial charge in [0.05, 0.1) is 0 Å². The molecule has 1 aromatic carbocycles. The summed E-state index contributed by atoms with van der Waals surface area (Å²) in [5, 5.41) is 0. The van der Waals surface area contributed by atoms with Crippen LogP contribution in [0, 0.1) is 0 Å². The van der Waals surface area contributed by atoms with Gasteiger partial charge in [-0.2, -0.15) is 4.99 Å². The minimum atomic E-state index is -2.51. The number of amides is 1. The highest BCUT2D eigenvalue weighted by Crippen LogP contribution is 2.18. The van der Waals surface area contributed by atoms with Crippen LogP contribution in [-0.4, -0.2) is 12.2 Å². The topological polar surface area (TPSA) is 55.4 Å². The molecule has 0 unspecified atom stereocenters. The van der Waals surface area contributed by atoms with Gasteiger partial charge in [0, 0.05) is 11.1 Å². The first-order valence-corrected chi connectivity index (χ1v) is 3.80. The number of hydrogen-bond acceptors (Lipinski definition) is 1. The Kier molecular flexibility index (Phi) is 3.28. The van der Waals surface area contributed by atoms with Gasteiger partial charge < -0.3 is 5.73 Å². The monoisotopic (exact) mass is 198 g/mol. The molecule has 0 aliphatic rings. The lowest BCUT2D eigenvalue weighted by Crippen LogP contribution is -2.13. The van der Waals surface area contributed by atoms with Gasteiger partial charge >= 0.3 is 0 Å². The molecule has 1 rings (SSSR count). The van der Waals surface area contributed by atoms with Gasteiger partial charge in [-0.1, -0.05) is 24.3 Å². The van der Waals surface area contributed by atoms with Gasteiger partial charge in [0.15, 0.2) is 0 Å². The number of alkyl halides is 2. The van der Waals surface area contributed by atoms with E-state index in [-0.39, 0.29) is 11.4 Å². The fourth-order valence-electron chi connectivity index (χ4n) is 0.931. The summed E-state index contributed by atoms with van der Waals surface area (Å²) in [5.74, 6) is 0.0146. The van der Waals surface area contributed by atoms with E-state index in [1.165, 1.54) is 24.3 Å². The molecule has 0 heterocycles. The van der Waals surface area contributed by atoms with Crippen LogP contribution < -0.4 is 5.73 Å². The van der Waals surface area contributed by atoms with Crippen LogP contribution in [0.1, 0.15) is 17.6 Å². The van der Waals surface area contributed by atoms with E-state index in [1.54, 1.807) is 0 Å². The van der Waals surface area contributed by atoms with Crippen molar-refractivity contribution in [2.45, 2.75) is 6.43 Å². The quantitative estimate of drug-likeness (QED) is 0.454. The average Bonchev–Trinajstić information content (AvgIpc) is 2.18. The second kappa shape index (κ2) is 4.45. The SMILES string of the molecule is NC(=NC=O)c1ccc(C(F)F)cc1. The van der Waals surface area contributed by atoms with E-state index in [4.69, 9.17) is 5.73 Å². The molecule has 0 aromatic heterocycles. The first kappa shape index (κ1) is 10.3. The minimum absolute atomic E-state index is 0.0146. The van der Waals surface area contributed by atoms with Crippen molar-refractivity contribution in [3.63, 3.8) is 0 Å². The lowest BCUT2D eigenvalue weighted by atomic mass is 10.1. The molecule has 74 valence electrons. The van der Waals surface area contributed by atoms with E-state index in [1.807, 2.05) is 0 Å². The Morgan fingerprint density at radius 2 is 1.93 bits per heavy atom. The highest BCUT2D eigenvalue weighted by Gasteiger charge is 2.06. The van der Waals surface area contributed by atoms with Gasteiger partial charge in [-0.05, 0) is 0 Å². The van der Waals surface area contributed by atoms with E-state index in [9.17, 15) is 13.6 Å². The summed E-state index contributed by atoms with van der Waals surface area (Å²) < 4.78 is 24.3. The molecular weight excluding hydrogens is 190 g/mol. The van der Waals surface area contributed by atoms with Crippen LogP contribution in [0.25, 0.3) is 0 Å². The predicted molar refractivity (Wildman–Crippen MR) is 48.2 cm³/mol. The first-order valence-electron chi connectivity index (χ1n) is 3.80. The molecular formula is C9H8F2N2O. The molecule has 0 spiro atoms. The zero-order valence-corrected chi connectivity index (χ0v) is 7.15. The van der Waals surface area contributed by atoms with Crippen LogP contribution in [0.2, 0.25) is 0 Å². The number of hydrogen-bond donors (Lipinski definition) is 1. The highest BCUT2D eigenvalue weighted by atomic mass is 19.3. The first-order chi connectivity index (χ1) is 6.65. The number of rotatable bonds is 3. The van der Waals surface area contributed by atoms with Crippen LogP contribution in [0.3, 0.4) is 0 Å². The maximum Gasteiger partial charge on any atom is 0.263 e. The Hall–Kier alpha value is -1.78. The van der Waals surface area contributed by atoms with Crippen molar-refractivity contribution in [2.24, 2.45) is 10.7 Å². The molecule has 0 radical (unpaired) electrons. The van der Waals surface area contributed by atoms with Crippen molar-refractivity contribution in [2.75, 3.05) is 0 Å². The fourth-order valence-corrected chi connectivity index (χ4v) is 0.931. The second-order valence-electron chi connectivity index (χ2n) is 2.54. The summed E-state index contributed by atoms with van der Waals surface area (Å²) in [4.78, 5) is 13.3. The van der Waals surface area contributed by atoms with Crippen LogP contribution in [0.5, 0.6) is 0 Å². The summed E-state index contributed by atoms with van der Waals surface area (Å²) in [6, 6.07) is 5.27. The zero-order valence-electron chi connectivity index (χ0n) is 7.15. The third kappa shape index (κ3) is 2.35. The Balaban J connectivity index is 2.93. The zero-order chi connectivity index (χ0) is 10.6. The number of carbonyl (C=O) groups is 1.